The number of hydrogen-bond acceptors (Lipinski definition) is 8. The minimum absolute atomic E-state index is 0.317. The summed E-state index contributed by atoms with van der Waals surface area (Å²) < 4.78 is 17.0. The van der Waals surface area contributed by atoms with Gasteiger partial charge in [0.1, 0.15) is 28.7 Å². The van der Waals surface area contributed by atoms with Gasteiger partial charge in [0.15, 0.2) is 0 Å². The van der Waals surface area contributed by atoms with Gasteiger partial charge in [0.2, 0.25) is 0 Å². The van der Waals surface area contributed by atoms with E-state index in [1.165, 1.54) is 38.5 Å². The second-order valence-corrected chi connectivity index (χ2v) is 10.8. The van der Waals surface area contributed by atoms with E-state index in [0.717, 1.165) is 56.6 Å². The first kappa shape index (κ1) is 24.2. The Balaban J connectivity index is 1.13. The lowest BCUT2D eigenvalue weighted by Gasteiger charge is -2.36. The van der Waals surface area contributed by atoms with Gasteiger partial charge in [-0.15, -0.1) is 5.10 Å². The summed E-state index contributed by atoms with van der Waals surface area (Å²) in [4.78, 5) is 18.1. The van der Waals surface area contributed by atoms with Gasteiger partial charge in [-0.3, -0.25) is 9.97 Å². The molecule has 10 heteroatoms. The van der Waals surface area contributed by atoms with E-state index in [1.807, 2.05) is 6.92 Å². The van der Waals surface area contributed by atoms with Gasteiger partial charge in [0, 0.05) is 38.3 Å². The zero-order valence-corrected chi connectivity index (χ0v) is 21.6. The minimum atomic E-state index is -0.400. The summed E-state index contributed by atoms with van der Waals surface area (Å²) in [7, 11) is 0. The van der Waals surface area contributed by atoms with Crippen molar-refractivity contribution in [1.29, 1.82) is 0 Å². The van der Waals surface area contributed by atoms with Crippen LogP contribution in [0.4, 0.5) is 15.9 Å². The summed E-state index contributed by atoms with van der Waals surface area (Å²) in [5, 5.41) is 12.3. The molecule has 0 amide bonds. The molecule has 37 heavy (non-hydrogen) atoms. The maximum absolute atomic E-state index is 15.3. The standard InChI is InChI=1S/C27H36FN9/c1-19(37-18-25(33-34-37)24-15-29-16-26(32-24)35-9-2-3-10-35)27-23(28)12-22(14-31-27)36-11-5-8-21(17-36)30-13-20-6-4-7-20/h12,14-16,18-21,30H,2-11,13,17H2,1H3. The van der Waals surface area contributed by atoms with E-state index < -0.39 is 6.04 Å². The number of piperidine rings is 1. The Kier molecular flexibility index (Phi) is 6.99. The van der Waals surface area contributed by atoms with Crippen molar-refractivity contribution in [2.45, 2.75) is 64.0 Å². The van der Waals surface area contributed by atoms with E-state index in [9.17, 15) is 0 Å². The van der Waals surface area contributed by atoms with Crippen molar-refractivity contribution in [3.05, 3.63) is 42.4 Å². The topological polar surface area (TPSA) is 87.9 Å². The van der Waals surface area contributed by atoms with Crippen molar-refractivity contribution in [1.82, 2.24) is 35.3 Å². The molecule has 2 aliphatic heterocycles. The highest BCUT2D eigenvalue weighted by Gasteiger charge is 2.25. The quantitative estimate of drug-likeness (QED) is 0.494. The van der Waals surface area contributed by atoms with Crippen LogP contribution < -0.4 is 15.1 Å². The van der Waals surface area contributed by atoms with Gasteiger partial charge in [-0.25, -0.2) is 14.1 Å². The molecule has 2 atom stereocenters. The summed E-state index contributed by atoms with van der Waals surface area (Å²) in [6.07, 6.45) is 15.8. The normalized spacial score (nSPS) is 21.3. The molecule has 0 aromatic carbocycles. The largest absolute Gasteiger partial charge is 0.369 e. The Hall–Kier alpha value is -3.14. The average Bonchev–Trinajstić information content (AvgIpc) is 3.61. The van der Waals surface area contributed by atoms with Crippen LogP contribution in [0.25, 0.3) is 11.4 Å². The number of anilines is 2. The Morgan fingerprint density at radius 1 is 1.00 bits per heavy atom. The third-order valence-corrected chi connectivity index (χ3v) is 8.18. The predicted octanol–water partition coefficient (Wildman–Crippen LogP) is 3.84. The molecule has 9 nitrogen and oxygen atoms in total. The van der Waals surface area contributed by atoms with Crippen molar-refractivity contribution in [2.75, 3.05) is 42.5 Å². The first-order chi connectivity index (χ1) is 18.1. The number of halogens is 1. The summed E-state index contributed by atoms with van der Waals surface area (Å²) in [5.41, 5.74) is 2.48. The lowest BCUT2D eigenvalue weighted by atomic mass is 9.85. The number of pyridine rings is 1. The van der Waals surface area contributed by atoms with Gasteiger partial charge >= 0.3 is 0 Å². The molecular formula is C27H36FN9. The van der Waals surface area contributed by atoms with E-state index in [1.54, 1.807) is 35.5 Å². The van der Waals surface area contributed by atoms with Gasteiger partial charge < -0.3 is 15.1 Å². The summed E-state index contributed by atoms with van der Waals surface area (Å²) in [5.74, 6) is 1.38. The van der Waals surface area contributed by atoms with Crippen LogP contribution in [-0.4, -0.2) is 68.7 Å². The molecule has 3 aliphatic rings. The monoisotopic (exact) mass is 505 g/mol. The summed E-state index contributed by atoms with van der Waals surface area (Å²) >= 11 is 0. The molecular weight excluding hydrogens is 469 g/mol. The minimum Gasteiger partial charge on any atom is -0.369 e. The van der Waals surface area contributed by atoms with E-state index in [2.05, 4.69) is 35.4 Å². The molecule has 3 aromatic rings. The number of aromatic nitrogens is 6. The fraction of sp³-hybridized carbons (Fsp3) is 0.593. The van der Waals surface area contributed by atoms with E-state index in [0.29, 0.717) is 23.1 Å². The molecule has 0 radical (unpaired) electrons. The zero-order valence-electron chi connectivity index (χ0n) is 21.6. The summed E-state index contributed by atoms with van der Waals surface area (Å²) in [6.45, 7) is 6.82. The molecule has 2 saturated heterocycles. The molecule has 196 valence electrons. The Morgan fingerprint density at radius 3 is 2.62 bits per heavy atom. The number of nitrogens with zero attached hydrogens (tertiary/aromatic N) is 8. The maximum atomic E-state index is 15.3. The van der Waals surface area contributed by atoms with Crippen LogP contribution in [0, 0.1) is 11.7 Å². The van der Waals surface area contributed by atoms with E-state index in [4.69, 9.17) is 4.98 Å². The fourth-order valence-electron chi connectivity index (χ4n) is 5.61. The Bertz CT molecular complexity index is 1200. The molecule has 3 aromatic heterocycles. The highest BCUT2D eigenvalue weighted by Crippen LogP contribution is 2.28. The molecule has 5 heterocycles. The first-order valence-corrected chi connectivity index (χ1v) is 13.8. The van der Waals surface area contributed by atoms with Crippen LogP contribution in [0.2, 0.25) is 0 Å². The lowest BCUT2D eigenvalue weighted by Crippen LogP contribution is -2.47. The maximum Gasteiger partial charge on any atom is 0.148 e. The van der Waals surface area contributed by atoms with Gasteiger partial charge in [-0.2, -0.15) is 0 Å². The predicted molar refractivity (Wildman–Crippen MR) is 141 cm³/mol. The number of rotatable bonds is 8. The van der Waals surface area contributed by atoms with Crippen LogP contribution in [-0.2, 0) is 0 Å². The SMILES string of the molecule is CC(c1ncc(N2CCCC(NCC3CCC3)C2)cc1F)n1cc(-c2cncc(N3CCCC3)n2)nn1. The Morgan fingerprint density at radius 2 is 1.84 bits per heavy atom. The molecule has 2 unspecified atom stereocenters. The average molecular weight is 506 g/mol. The summed E-state index contributed by atoms with van der Waals surface area (Å²) in [6, 6.07) is 1.68. The van der Waals surface area contributed by atoms with Crippen molar-refractivity contribution < 1.29 is 4.39 Å². The van der Waals surface area contributed by atoms with Gasteiger partial charge in [-0.05, 0) is 57.9 Å². The third kappa shape index (κ3) is 5.30. The zero-order chi connectivity index (χ0) is 25.2. The van der Waals surface area contributed by atoms with Crippen LogP contribution in [0.15, 0.2) is 30.9 Å². The van der Waals surface area contributed by atoms with Crippen LogP contribution >= 0.6 is 0 Å². The van der Waals surface area contributed by atoms with Crippen molar-refractivity contribution >= 4 is 11.5 Å². The third-order valence-electron chi connectivity index (χ3n) is 8.18. The van der Waals surface area contributed by atoms with Crippen LogP contribution in [0.5, 0.6) is 0 Å². The van der Waals surface area contributed by atoms with Crippen LogP contribution in [0.3, 0.4) is 0 Å². The number of hydrogen-bond donors (Lipinski definition) is 1. The van der Waals surface area contributed by atoms with Gasteiger partial charge in [0.05, 0.1) is 36.5 Å². The first-order valence-electron chi connectivity index (χ1n) is 13.8. The molecule has 1 N–H and O–H groups in total. The number of nitrogens with one attached hydrogen (secondary N) is 1. The van der Waals surface area contributed by atoms with Crippen molar-refractivity contribution in [3.63, 3.8) is 0 Å². The molecule has 0 bridgehead atoms. The van der Waals surface area contributed by atoms with E-state index in [-0.39, 0.29) is 5.82 Å². The second-order valence-electron chi connectivity index (χ2n) is 10.8. The van der Waals surface area contributed by atoms with Crippen LogP contribution in [0.1, 0.15) is 63.6 Å². The molecule has 3 fully saturated rings. The van der Waals surface area contributed by atoms with Crippen molar-refractivity contribution in [2.24, 2.45) is 5.92 Å². The van der Waals surface area contributed by atoms with Crippen molar-refractivity contribution in [3.8, 4) is 11.4 Å². The molecule has 6 rings (SSSR count). The fourth-order valence-corrected chi connectivity index (χ4v) is 5.61. The highest BCUT2D eigenvalue weighted by molar-refractivity contribution is 5.54. The highest BCUT2D eigenvalue weighted by atomic mass is 19.1. The van der Waals surface area contributed by atoms with Gasteiger partial charge in [-0.1, -0.05) is 11.6 Å². The molecule has 1 aliphatic carbocycles. The smallest absolute Gasteiger partial charge is 0.148 e. The van der Waals surface area contributed by atoms with E-state index >= 15 is 4.39 Å². The Labute approximate surface area is 217 Å². The second kappa shape index (κ2) is 10.7. The molecule has 0 spiro atoms. The molecule has 1 saturated carbocycles. The lowest BCUT2D eigenvalue weighted by molar-refractivity contribution is 0.280. The van der Waals surface area contributed by atoms with Gasteiger partial charge in [0.25, 0.3) is 0 Å².